The summed E-state index contributed by atoms with van der Waals surface area (Å²) in [4.78, 5) is 3.15. The van der Waals surface area contributed by atoms with E-state index in [0.29, 0.717) is 18.9 Å². The highest BCUT2D eigenvalue weighted by Gasteiger charge is 2.29. The zero-order valence-electron chi connectivity index (χ0n) is 25.8. The molecule has 1 N–H and O–H groups in total. The van der Waals surface area contributed by atoms with Crippen molar-refractivity contribution in [2.45, 2.75) is 50.7 Å². The average Bonchev–Trinajstić information content (AvgIpc) is 2.94. The number of aryl methyl sites for hydroxylation is 3. The van der Waals surface area contributed by atoms with Crippen molar-refractivity contribution in [1.29, 1.82) is 0 Å². The van der Waals surface area contributed by atoms with E-state index in [-0.39, 0.29) is 18.9 Å². The summed E-state index contributed by atoms with van der Waals surface area (Å²) in [5, 5.41) is 2.94. The van der Waals surface area contributed by atoms with Gasteiger partial charge in [0, 0.05) is 17.5 Å². The highest BCUT2D eigenvalue weighted by atomic mass is 32.2. The monoisotopic (exact) mass is 616 g/mol. The molecule has 0 heterocycles. The maximum Gasteiger partial charge on any atom is 0.461 e. The molecule has 3 rings (SSSR count). The lowest BCUT2D eigenvalue weighted by atomic mass is 10.0. The van der Waals surface area contributed by atoms with Gasteiger partial charge in [0.05, 0.1) is 7.11 Å². The first-order valence-corrected chi connectivity index (χ1v) is 16.8. The number of rotatable bonds is 18. The molecule has 0 fully saturated rings. The second-order valence-electron chi connectivity index (χ2n) is 10.6. The third-order valence-corrected chi connectivity index (χ3v) is 8.94. The molecule has 2 atom stereocenters. The van der Waals surface area contributed by atoms with Gasteiger partial charge in [-0.1, -0.05) is 30.3 Å². The summed E-state index contributed by atoms with van der Waals surface area (Å²) in [6.45, 7) is 6.43. The Morgan fingerprint density at radius 2 is 1.76 bits per heavy atom. The lowest BCUT2D eigenvalue weighted by Crippen LogP contribution is -2.34. The topological polar surface area (TPSA) is 78.5 Å². The molecule has 2 unspecified atom stereocenters. The summed E-state index contributed by atoms with van der Waals surface area (Å²) in [7, 11) is 1.91. The summed E-state index contributed by atoms with van der Waals surface area (Å²) in [5.41, 5.74) is 3.36. The van der Waals surface area contributed by atoms with Crippen LogP contribution in [0.15, 0.2) is 71.6 Å². The smallest absolute Gasteiger partial charge is 0.461 e. The number of para-hydroxylation sites is 1. The Hall–Kier alpha value is -2.52. The Labute approximate surface area is 255 Å². The van der Waals surface area contributed by atoms with Crippen molar-refractivity contribution in [2.24, 2.45) is 0 Å². The first-order valence-electron chi connectivity index (χ1n) is 14.1. The fourth-order valence-corrected chi connectivity index (χ4v) is 6.34. The van der Waals surface area contributed by atoms with E-state index in [1.807, 2.05) is 88.5 Å². The van der Waals surface area contributed by atoms with Crippen molar-refractivity contribution in [3.8, 4) is 17.2 Å². The molecule has 42 heavy (non-hydrogen) atoms. The summed E-state index contributed by atoms with van der Waals surface area (Å²) in [6, 6.07) is 21.6. The molecule has 3 aromatic carbocycles. The van der Waals surface area contributed by atoms with E-state index >= 15 is 0 Å². The van der Waals surface area contributed by atoms with Crippen LogP contribution in [-0.2, 0) is 26.7 Å². The quantitative estimate of drug-likeness (QED) is 0.0924. The van der Waals surface area contributed by atoms with Gasteiger partial charge in [0.2, 0.25) is 0 Å². The number of nitrogens with one attached hydrogen (secondary N) is 1. The number of hydrogen-bond acceptors (Lipinski definition) is 8. The van der Waals surface area contributed by atoms with Crippen molar-refractivity contribution in [3.05, 3.63) is 83.4 Å². The van der Waals surface area contributed by atoms with Crippen molar-refractivity contribution in [3.63, 3.8) is 0 Å². The minimum absolute atomic E-state index is 0.128. The van der Waals surface area contributed by atoms with Crippen LogP contribution in [0, 0.1) is 6.92 Å². The van der Waals surface area contributed by atoms with Crippen LogP contribution in [0.5, 0.6) is 17.2 Å². The Kier molecular flexibility index (Phi) is 13.7. The van der Waals surface area contributed by atoms with Crippen LogP contribution in [0.3, 0.4) is 0 Å². The molecule has 10 heteroatoms. The second kappa shape index (κ2) is 16.9. The number of thioether (sulfide) groups is 1. The number of methoxy groups -OCH3 is 1. The van der Waals surface area contributed by atoms with E-state index in [0.717, 1.165) is 40.4 Å². The van der Waals surface area contributed by atoms with E-state index < -0.39 is 7.75 Å². The van der Waals surface area contributed by atoms with Crippen molar-refractivity contribution >= 4 is 19.5 Å². The van der Waals surface area contributed by atoms with Gasteiger partial charge in [-0.25, -0.2) is 9.65 Å². The Balaban J connectivity index is 1.62. The van der Waals surface area contributed by atoms with Gasteiger partial charge in [-0.05, 0) is 107 Å². The standard InChI is InChI=1S/C32H45N2O6PS/c1-24(2)33-41(35,40-29-17-18-32(42-7)25(3)19-29)39-23-38-30(21-34(4)5)22-37-31-14-9-8-12-27(31)16-15-26-11-10-13-28(20-26)36-6/h8-14,17-20,24,30H,15-16,21-23H2,1-7H3,(H,33,35). The van der Waals surface area contributed by atoms with Crippen molar-refractivity contribution in [1.82, 2.24) is 9.99 Å². The number of ether oxygens (including phenoxy) is 3. The first kappa shape index (κ1) is 34.0. The van der Waals surface area contributed by atoms with Gasteiger partial charge in [0.25, 0.3) is 0 Å². The van der Waals surface area contributed by atoms with Gasteiger partial charge in [-0.2, -0.15) is 0 Å². The lowest BCUT2D eigenvalue weighted by Gasteiger charge is -2.25. The second-order valence-corrected chi connectivity index (χ2v) is 13.1. The minimum atomic E-state index is -3.71. The van der Waals surface area contributed by atoms with Crippen LogP contribution in [0.25, 0.3) is 0 Å². The van der Waals surface area contributed by atoms with Gasteiger partial charge in [-0.15, -0.1) is 11.8 Å². The summed E-state index contributed by atoms with van der Waals surface area (Å²) >= 11 is 1.65. The maximum absolute atomic E-state index is 13.6. The van der Waals surface area contributed by atoms with Gasteiger partial charge in [0.1, 0.15) is 30.0 Å². The molecule has 0 saturated carbocycles. The molecule has 230 valence electrons. The van der Waals surface area contributed by atoms with E-state index in [4.69, 9.17) is 23.3 Å². The zero-order chi connectivity index (χ0) is 30.5. The molecule has 0 aliphatic rings. The number of likely N-dealkylation sites (N-methyl/N-ethyl adjacent to an activating group) is 1. The van der Waals surface area contributed by atoms with E-state index in [1.165, 1.54) is 5.56 Å². The first-order chi connectivity index (χ1) is 20.1. The van der Waals surface area contributed by atoms with Crippen LogP contribution >= 0.6 is 19.5 Å². The minimum Gasteiger partial charge on any atom is -0.497 e. The number of benzene rings is 3. The molecule has 8 nitrogen and oxygen atoms in total. The van der Waals surface area contributed by atoms with Crippen molar-refractivity contribution < 1.29 is 27.8 Å². The molecule has 3 aromatic rings. The Bertz CT molecular complexity index is 1310. The molecule has 0 aromatic heterocycles. The average molecular weight is 617 g/mol. The Morgan fingerprint density at radius 3 is 2.45 bits per heavy atom. The van der Waals surface area contributed by atoms with E-state index in [2.05, 4.69) is 23.3 Å². The molecule has 0 aliphatic heterocycles. The normalized spacial score (nSPS) is 13.6. The van der Waals surface area contributed by atoms with Crippen LogP contribution in [-0.4, -0.2) is 64.5 Å². The third kappa shape index (κ3) is 11.3. The molecular weight excluding hydrogens is 571 g/mol. The van der Waals surface area contributed by atoms with Gasteiger partial charge >= 0.3 is 7.75 Å². The highest BCUT2D eigenvalue weighted by Crippen LogP contribution is 2.45. The maximum atomic E-state index is 13.6. The van der Waals surface area contributed by atoms with Crippen LogP contribution in [0.1, 0.15) is 30.5 Å². The summed E-state index contributed by atoms with van der Waals surface area (Å²) < 4.78 is 42.9. The van der Waals surface area contributed by atoms with Gasteiger partial charge in [-0.3, -0.25) is 4.52 Å². The SMILES string of the molecule is COc1cccc(CCc2ccccc2OCC(CN(C)C)OCOP(=O)(NC(C)C)Oc2ccc(SC)c(C)c2)c1. The predicted molar refractivity (Wildman–Crippen MR) is 171 cm³/mol. The van der Waals surface area contributed by atoms with Gasteiger partial charge in [0.15, 0.2) is 6.79 Å². The fourth-order valence-electron chi connectivity index (χ4n) is 4.35. The number of hydrogen-bond donors (Lipinski definition) is 1. The zero-order valence-corrected chi connectivity index (χ0v) is 27.5. The number of nitrogens with zero attached hydrogens (tertiary/aromatic N) is 1. The third-order valence-electron chi connectivity index (χ3n) is 6.32. The van der Waals surface area contributed by atoms with E-state index in [9.17, 15) is 4.57 Å². The largest absolute Gasteiger partial charge is 0.497 e. The summed E-state index contributed by atoms with van der Waals surface area (Å²) in [5.74, 6) is 2.14. The van der Waals surface area contributed by atoms with Crippen molar-refractivity contribution in [2.75, 3.05) is 47.4 Å². The highest BCUT2D eigenvalue weighted by molar-refractivity contribution is 7.98. The molecule has 0 aliphatic carbocycles. The Morgan fingerprint density at radius 1 is 0.976 bits per heavy atom. The summed E-state index contributed by atoms with van der Waals surface area (Å²) in [6.07, 6.45) is 3.37. The lowest BCUT2D eigenvalue weighted by molar-refractivity contribution is -0.0637. The van der Waals surface area contributed by atoms with Crippen LogP contribution in [0.2, 0.25) is 0 Å². The van der Waals surface area contributed by atoms with Gasteiger partial charge < -0.3 is 23.6 Å². The fraction of sp³-hybridized carbons (Fsp3) is 0.438. The predicted octanol–water partition coefficient (Wildman–Crippen LogP) is 7.00. The molecule has 0 spiro atoms. The molecular formula is C32H45N2O6PS. The molecule has 0 radical (unpaired) electrons. The van der Waals surface area contributed by atoms with E-state index in [1.54, 1.807) is 24.9 Å². The molecule has 0 bridgehead atoms. The van der Waals surface area contributed by atoms with Crippen LogP contribution < -0.4 is 19.1 Å². The van der Waals surface area contributed by atoms with Crippen LogP contribution in [0.4, 0.5) is 0 Å². The molecule has 0 amide bonds. The molecule has 0 saturated heterocycles.